The molecule has 1 heterocycles. The van der Waals surface area contributed by atoms with Crippen molar-refractivity contribution >= 4 is 17.7 Å². The second-order valence-corrected chi connectivity index (χ2v) is 6.41. The van der Waals surface area contributed by atoms with Gasteiger partial charge in [0.25, 0.3) is 0 Å². The summed E-state index contributed by atoms with van der Waals surface area (Å²) in [5.41, 5.74) is -0.844. The normalized spacial score (nSPS) is 14.6. The van der Waals surface area contributed by atoms with Crippen LogP contribution in [-0.2, 0) is 11.8 Å². The summed E-state index contributed by atoms with van der Waals surface area (Å²) >= 11 is 1.71. The van der Waals surface area contributed by atoms with E-state index in [0.717, 1.165) is 17.1 Å². The van der Waals surface area contributed by atoms with Crippen molar-refractivity contribution in [2.45, 2.75) is 50.1 Å². The SMILES string of the molecule is CC(C)NC(C)(CCCSc1cnn(C)c1)C(=O)O. The summed E-state index contributed by atoms with van der Waals surface area (Å²) in [7, 11) is 1.89. The number of nitrogens with one attached hydrogen (secondary N) is 1. The molecule has 0 aliphatic carbocycles. The number of rotatable bonds is 8. The standard InChI is InChI=1S/C13H23N3O2S/c1-10(2)15-13(3,12(17)18)6-5-7-19-11-8-14-16(4)9-11/h8-10,15H,5-7H2,1-4H3,(H,17,18). The number of aryl methyl sites for hydroxylation is 1. The molecule has 0 aliphatic heterocycles. The van der Waals surface area contributed by atoms with Gasteiger partial charge < -0.3 is 5.11 Å². The van der Waals surface area contributed by atoms with E-state index < -0.39 is 11.5 Å². The summed E-state index contributed by atoms with van der Waals surface area (Å²) < 4.78 is 1.77. The van der Waals surface area contributed by atoms with Gasteiger partial charge >= 0.3 is 5.97 Å². The molecule has 0 amide bonds. The van der Waals surface area contributed by atoms with E-state index in [4.69, 9.17) is 0 Å². The summed E-state index contributed by atoms with van der Waals surface area (Å²) in [6, 6.07) is 0.159. The van der Waals surface area contributed by atoms with Gasteiger partial charge in [0, 0.05) is 24.2 Å². The van der Waals surface area contributed by atoms with E-state index in [1.807, 2.05) is 33.3 Å². The average molecular weight is 285 g/mol. The first kappa shape index (κ1) is 16.0. The Morgan fingerprint density at radius 2 is 2.32 bits per heavy atom. The minimum atomic E-state index is -0.844. The Labute approximate surface area is 118 Å². The lowest BCUT2D eigenvalue weighted by Crippen LogP contribution is -2.52. The van der Waals surface area contributed by atoms with Crippen molar-refractivity contribution in [3.63, 3.8) is 0 Å². The molecule has 1 aromatic heterocycles. The molecule has 1 aromatic rings. The highest BCUT2D eigenvalue weighted by atomic mass is 32.2. The number of carboxylic acid groups (broad SMARTS) is 1. The van der Waals surface area contributed by atoms with Gasteiger partial charge in [0.1, 0.15) is 5.54 Å². The van der Waals surface area contributed by atoms with E-state index in [1.54, 1.807) is 23.4 Å². The van der Waals surface area contributed by atoms with Gasteiger partial charge in [-0.15, -0.1) is 11.8 Å². The van der Waals surface area contributed by atoms with Gasteiger partial charge in [0.05, 0.1) is 6.20 Å². The van der Waals surface area contributed by atoms with Crippen LogP contribution >= 0.6 is 11.8 Å². The summed E-state index contributed by atoms with van der Waals surface area (Å²) in [6.45, 7) is 5.68. The lowest BCUT2D eigenvalue weighted by molar-refractivity contribution is -0.144. The fourth-order valence-corrected chi connectivity index (χ4v) is 2.84. The maximum absolute atomic E-state index is 11.3. The number of aliphatic carboxylic acids is 1. The second kappa shape index (κ2) is 6.96. The predicted octanol–water partition coefficient (Wildman–Crippen LogP) is 2.13. The zero-order valence-corrected chi connectivity index (χ0v) is 12.8. The van der Waals surface area contributed by atoms with Crippen LogP contribution in [0.2, 0.25) is 0 Å². The van der Waals surface area contributed by atoms with Crippen molar-refractivity contribution in [3.8, 4) is 0 Å². The molecular formula is C13H23N3O2S. The highest BCUT2D eigenvalue weighted by Gasteiger charge is 2.32. The zero-order valence-electron chi connectivity index (χ0n) is 12.0. The van der Waals surface area contributed by atoms with Crippen molar-refractivity contribution < 1.29 is 9.90 Å². The van der Waals surface area contributed by atoms with Crippen molar-refractivity contribution in [3.05, 3.63) is 12.4 Å². The summed E-state index contributed by atoms with van der Waals surface area (Å²) in [6.07, 6.45) is 5.26. The Hall–Kier alpha value is -1.01. The molecule has 0 saturated heterocycles. The summed E-state index contributed by atoms with van der Waals surface area (Å²) in [5.74, 6) is 0.113. The molecule has 1 rings (SSSR count). The van der Waals surface area contributed by atoms with Crippen LogP contribution in [0.5, 0.6) is 0 Å². The van der Waals surface area contributed by atoms with Crippen LogP contribution in [0.4, 0.5) is 0 Å². The Kier molecular flexibility index (Phi) is 5.87. The molecule has 0 aromatic carbocycles. The van der Waals surface area contributed by atoms with E-state index >= 15 is 0 Å². The maximum atomic E-state index is 11.3. The quantitative estimate of drug-likeness (QED) is 0.566. The van der Waals surface area contributed by atoms with Crippen molar-refractivity contribution in [1.29, 1.82) is 0 Å². The first-order valence-corrected chi connectivity index (χ1v) is 7.44. The highest BCUT2D eigenvalue weighted by molar-refractivity contribution is 7.99. The molecule has 19 heavy (non-hydrogen) atoms. The molecule has 0 bridgehead atoms. The summed E-state index contributed by atoms with van der Waals surface area (Å²) in [5, 5.41) is 16.6. The largest absolute Gasteiger partial charge is 0.480 e. The predicted molar refractivity (Wildman–Crippen MR) is 77.5 cm³/mol. The zero-order chi connectivity index (χ0) is 14.5. The number of hydrogen-bond acceptors (Lipinski definition) is 4. The Morgan fingerprint density at radius 1 is 1.63 bits per heavy atom. The van der Waals surface area contributed by atoms with Gasteiger partial charge in [0.2, 0.25) is 0 Å². The Morgan fingerprint density at radius 3 is 2.79 bits per heavy atom. The minimum absolute atomic E-state index is 0.159. The van der Waals surface area contributed by atoms with Crippen molar-refractivity contribution in [2.75, 3.05) is 5.75 Å². The molecule has 1 unspecified atom stereocenters. The average Bonchev–Trinajstić information content (AvgIpc) is 2.69. The maximum Gasteiger partial charge on any atom is 0.323 e. The van der Waals surface area contributed by atoms with Crippen LogP contribution < -0.4 is 5.32 Å². The lowest BCUT2D eigenvalue weighted by Gasteiger charge is -2.28. The third-order valence-electron chi connectivity index (χ3n) is 2.85. The fraction of sp³-hybridized carbons (Fsp3) is 0.692. The smallest absolute Gasteiger partial charge is 0.323 e. The van der Waals surface area contributed by atoms with Crippen LogP contribution in [0, 0.1) is 0 Å². The monoisotopic (exact) mass is 285 g/mol. The lowest BCUT2D eigenvalue weighted by atomic mass is 9.95. The van der Waals surface area contributed by atoms with Gasteiger partial charge in [-0.05, 0) is 39.4 Å². The molecule has 0 fully saturated rings. The van der Waals surface area contributed by atoms with Crippen molar-refractivity contribution in [2.24, 2.45) is 7.05 Å². The molecule has 0 saturated carbocycles. The molecule has 0 spiro atoms. The number of nitrogens with zero attached hydrogens (tertiary/aromatic N) is 2. The van der Waals surface area contributed by atoms with E-state index in [0.29, 0.717) is 6.42 Å². The number of carboxylic acids is 1. The van der Waals surface area contributed by atoms with E-state index in [-0.39, 0.29) is 6.04 Å². The molecular weight excluding hydrogens is 262 g/mol. The molecule has 108 valence electrons. The van der Waals surface area contributed by atoms with Gasteiger partial charge in [-0.25, -0.2) is 0 Å². The third-order valence-corrected chi connectivity index (χ3v) is 3.89. The molecule has 2 N–H and O–H groups in total. The third kappa shape index (κ3) is 5.24. The first-order chi connectivity index (χ1) is 8.83. The Balaban J connectivity index is 2.38. The molecule has 1 atom stereocenters. The van der Waals surface area contributed by atoms with Crippen LogP contribution in [0.25, 0.3) is 0 Å². The second-order valence-electron chi connectivity index (χ2n) is 5.24. The van der Waals surface area contributed by atoms with Gasteiger partial charge in [-0.1, -0.05) is 0 Å². The Bertz CT molecular complexity index is 420. The molecule has 0 aliphatic rings. The van der Waals surface area contributed by atoms with E-state index in [1.165, 1.54) is 0 Å². The van der Waals surface area contributed by atoms with Gasteiger partial charge in [-0.2, -0.15) is 5.10 Å². The van der Waals surface area contributed by atoms with Crippen molar-refractivity contribution in [1.82, 2.24) is 15.1 Å². The van der Waals surface area contributed by atoms with Gasteiger partial charge in [0.15, 0.2) is 0 Å². The number of thioether (sulfide) groups is 1. The van der Waals surface area contributed by atoms with E-state index in [2.05, 4.69) is 10.4 Å². The van der Waals surface area contributed by atoms with Crippen LogP contribution in [0.1, 0.15) is 33.6 Å². The van der Waals surface area contributed by atoms with Gasteiger partial charge in [-0.3, -0.25) is 14.8 Å². The minimum Gasteiger partial charge on any atom is -0.480 e. The summed E-state index contributed by atoms with van der Waals surface area (Å²) in [4.78, 5) is 12.5. The topological polar surface area (TPSA) is 67.2 Å². The highest BCUT2D eigenvalue weighted by Crippen LogP contribution is 2.21. The van der Waals surface area contributed by atoms with Crippen LogP contribution in [-0.4, -0.2) is 38.2 Å². The first-order valence-electron chi connectivity index (χ1n) is 6.46. The molecule has 6 heteroatoms. The van der Waals surface area contributed by atoms with E-state index in [9.17, 15) is 9.90 Å². The number of hydrogen-bond donors (Lipinski definition) is 2. The van der Waals surface area contributed by atoms with Crippen LogP contribution in [0.15, 0.2) is 17.3 Å². The number of aromatic nitrogens is 2. The number of carbonyl (C=O) groups is 1. The fourth-order valence-electron chi connectivity index (χ4n) is 1.97. The van der Waals surface area contributed by atoms with Crippen LogP contribution in [0.3, 0.4) is 0 Å². The molecule has 5 nitrogen and oxygen atoms in total. The molecule has 0 radical (unpaired) electrons.